The van der Waals surface area contributed by atoms with Gasteiger partial charge in [0.05, 0.1) is 14.2 Å². The summed E-state index contributed by atoms with van der Waals surface area (Å²) in [6.45, 7) is 6.90. The third-order valence-corrected chi connectivity index (χ3v) is 4.36. The number of hydrogen-bond acceptors (Lipinski definition) is 3. The molecule has 3 nitrogen and oxygen atoms in total. The molecule has 1 aromatic carbocycles. The molecule has 0 spiro atoms. The molecule has 0 aliphatic heterocycles. The van der Waals surface area contributed by atoms with Crippen LogP contribution in [-0.4, -0.2) is 20.3 Å². The van der Waals surface area contributed by atoms with Gasteiger partial charge in [-0.25, -0.2) is 0 Å². The lowest BCUT2D eigenvalue weighted by Gasteiger charge is -2.23. The van der Waals surface area contributed by atoms with Gasteiger partial charge in [0.25, 0.3) is 0 Å². The normalized spacial score (nSPS) is 22.6. The van der Waals surface area contributed by atoms with Crippen LogP contribution in [0, 0.1) is 5.41 Å². The summed E-state index contributed by atoms with van der Waals surface area (Å²) in [4.78, 5) is 0. The van der Waals surface area contributed by atoms with Gasteiger partial charge in [-0.15, -0.1) is 0 Å². The van der Waals surface area contributed by atoms with Crippen molar-refractivity contribution in [3.05, 3.63) is 23.8 Å². The third-order valence-electron chi connectivity index (χ3n) is 4.36. The smallest absolute Gasteiger partial charge is 0.123 e. The van der Waals surface area contributed by atoms with Crippen LogP contribution in [0.4, 0.5) is 0 Å². The van der Waals surface area contributed by atoms with Crippen molar-refractivity contribution < 1.29 is 9.47 Å². The molecule has 1 fully saturated rings. The minimum absolute atomic E-state index is 0.263. The standard InChI is InChI=1S/C17H27NO2/c1-12(18-13-8-9-17(2,3)11-13)15-10-14(19-4)6-7-16(15)20-5/h6-7,10,12-13,18H,8-9,11H2,1-5H3. The summed E-state index contributed by atoms with van der Waals surface area (Å²) in [5.74, 6) is 1.80. The van der Waals surface area contributed by atoms with Gasteiger partial charge in [-0.1, -0.05) is 13.8 Å². The highest BCUT2D eigenvalue weighted by Gasteiger charge is 2.31. The number of ether oxygens (including phenoxy) is 2. The number of hydrogen-bond donors (Lipinski definition) is 1. The monoisotopic (exact) mass is 277 g/mol. The van der Waals surface area contributed by atoms with Crippen LogP contribution in [0.2, 0.25) is 0 Å². The van der Waals surface area contributed by atoms with Crippen LogP contribution >= 0.6 is 0 Å². The molecule has 0 bridgehead atoms. The van der Waals surface area contributed by atoms with Crippen LogP contribution in [0.3, 0.4) is 0 Å². The van der Waals surface area contributed by atoms with E-state index in [9.17, 15) is 0 Å². The van der Waals surface area contributed by atoms with Gasteiger partial charge in [-0.3, -0.25) is 0 Å². The van der Waals surface area contributed by atoms with Crippen molar-refractivity contribution in [1.82, 2.24) is 5.32 Å². The molecule has 2 rings (SSSR count). The molecule has 1 aliphatic carbocycles. The zero-order chi connectivity index (χ0) is 14.8. The molecule has 112 valence electrons. The van der Waals surface area contributed by atoms with E-state index in [1.807, 2.05) is 12.1 Å². The number of methoxy groups -OCH3 is 2. The summed E-state index contributed by atoms with van der Waals surface area (Å²) >= 11 is 0. The van der Waals surface area contributed by atoms with Crippen LogP contribution in [-0.2, 0) is 0 Å². The SMILES string of the molecule is COc1ccc(OC)c(C(C)NC2CCC(C)(C)C2)c1. The Morgan fingerprint density at radius 1 is 1.25 bits per heavy atom. The molecule has 2 atom stereocenters. The van der Waals surface area contributed by atoms with Gasteiger partial charge in [0.1, 0.15) is 11.5 Å². The highest BCUT2D eigenvalue weighted by Crippen LogP contribution is 2.38. The summed E-state index contributed by atoms with van der Waals surface area (Å²) in [6.07, 6.45) is 3.79. The first-order valence-corrected chi connectivity index (χ1v) is 7.43. The largest absolute Gasteiger partial charge is 0.497 e. The molecule has 1 aromatic rings. The Morgan fingerprint density at radius 2 is 2.00 bits per heavy atom. The van der Waals surface area contributed by atoms with Gasteiger partial charge >= 0.3 is 0 Å². The Labute approximate surface area is 122 Å². The van der Waals surface area contributed by atoms with Crippen molar-refractivity contribution in [2.45, 2.75) is 52.1 Å². The van der Waals surface area contributed by atoms with Gasteiger partial charge in [0, 0.05) is 17.6 Å². The summed E-state index contributed by atoms with van der Waals surface area (Å²) in [6, 6.07) is 6.84. The van der Waals surface area contributed by atoms with Gasteiger partial charge < -0.3 is 14.8 Å². The molecular formula is C17H27NO2. The predicted molar refractivity (Wildman–Crippen MR) is 82.5 cm³/mol. The van der Waals surface area contributed by atoms with E-state index in [1.165, 1.54) is 19.3 Å². The third kappa shape index (κ3) is 3.45. The summed E-state index contributed by atoms with van der Waals surface area (Å²) in [5, 5.41) is 3.74. The zero-order valence-corrected chi connectivity index (χ0v) is 13.3. The Kier molecular flexibility index (Phi) is 4.59. The van der Waals surface area contributed by atoms with Gasteiger partial charge in [-0.05, 0) is 49.8 Å². The van der Waals surface area contributed by atoms with Crippen LogP contribution in [0.25, 0.3) is 0 Å². The van der Waals surface area contributed by atoms with Crippen molar-refractivity contribution >= 4 is 0 Å². The van der Waals surface area contributed by atoms with E-state index in [1.54, 1.807) is 14.2 Å². The topological polar surface area (TPSA) is 30.5 Å². The maximum atomic E-state index is 5.48. The zero-order valence-electron chi connectivity index (χ0n) is 13.3. The highest BCUT2D eigenvalue weighted by molar-refractivity contribution is 5.42. The van der Waals surface area contributed by atoms with Crippen molar-refractivity contribution in [1.29, 1.82) is 0 Å². The van der Waals surface area contributed by atoms with Crippen molar-refractivity contribution in [2.75, 3.05) is 14.2 Å². The minimum Gasteiger partial charge on any atom is -0.497 e. The molecule has 0 heterocycles. The van der Waals surface area contributed by atoms with Gasteiger partial charge in [0.15, 0.2) is 0 Å². The molecule has 1 aliphatic rings. The second-order valence-corrected chi connectivity index (χ2v) is 6.60. The van der Waals surface area contributed by atoms with E-state index >= 15 is 0 Å². The maximum absolute atomic E-state index is 5.48. The van der Waals surface area contributed by atoms with Gasteiger partial charge in [0.2, 0.25) is 0 Å². The van der Waals surface area contributed by atoms with Crippen LogP contribution < -0.4 is 14.8 Å². The average molecular weight is 277 g/mol. The van der Waals surface area contributed by atoms with Crippen LogP contribution in [0.15, 0.2) is 18.2 Å². The van der Waals surface area contributed by atoms with Crippen molar-refractivity contribution in [3.8, 4) is 11.5 Å². The lowest BCUT2D eigenvalue weighted by Crippen LogP contribution is -2.30. The quantitative estimate of drug-likeness (QED) is 0.884. The summed E-state index contributed by atoms with van der Waals surface area (Å²) in [7, 11) is 3.42. The van der Waals surface area contributed by atoms with Crippen LogP contribution in [0.5, 0.6) is 11.5 Å². The molecular weight excluding hydrogens is 250 g/mol. The Morgan fingerprint density at radius 3 is 2.55 bits per heavy atom. The fourth-order valence-electron chi connectivity index (χ4n) is 3.20. The minimum atomic E-state index is 0.263. The molecule has 0 amide bonds. The number of nitrogens with one attached hydrogen (secondary N) is 1. The highest BCUT2D eigenvalue weighted by atomic mass is 16.5. The second kappa shape index (κ2) is 6.04. The van der Waals surface area contributed by atoms with E-state index in [2.05, 4.69) is 32.2 Å². The first kappa shape index (κ1) is 15.2. The predicted octanol–water partition coefficient (Wildman–Crippen LogP) is 3.93. The Bertz CT molecular complexity index is 456. The molecule has 2 unspecified atom stereocenters. The van der Waals surface area contributed by atoms with E-state index < -0.39 is 0 Å². The Hall–Kier alpha value is -1.22. The summed E-state index contributed by atoms with van der Waals surface area (Å²) in [5.41, 5.74) is 1.63. The molecule has 0 aromatic heterocycles. The molecule has 0 radical (unpaired) electrons. The fraction of sp³-hybridized carbons (Fsp3) is 0.647. The lowest BCUT2D eigenvalue weighted by molar-refractivity contribution is 0.351. The molecule has 0 saturated heterocycles. The Balaban J connectivity index is 2.10. The second-order valence-electron chi connectivity index (χ2n) is 6.60. The first-order chi connectivity index (χ1) is 9.45. The first-order valence-electron chi connectivity index (χ1n) is 7.43. The van der Waals surface area contributed by atoms with E-state index in [0.717, 1.165) is 17.1 Å². The van der Waals surface area contributed by atoms with E-state index in [0.29, 0.717) is 11.5 Å². The number of benzene rings is 1. The average Bonchev–Trinajstić information content (AvgIpc) is 2.77. The molecule has 1 N–H and O–H groups in total. The van der Waals surface area contributed by atoms with Crippen molar-refractivity contribution in [3.63, 3.8) is 0 Å². The number of rotatable bonds is 5. The van der Waals surface area contributed by atoms with Crippen molar-refractivity contribution in [2.24, 2.45) is 5.41 Å². The van der Waals surface area contributed by atoms with Crippen LogP contribution in [0.1, 0.15) is 51.6 Å². The fourth-order valence-corrected chi connectivity index (χ4v) is 3.20. The molecule has 20 heavy (non-hydrogen) atoms. The summed E-state index contributed by atoms with van der Waals surface area (Å²) < 4.78 is 10.8. The maximum Gasteiger partial charge on any atom is 0.123 e. The molecule has 3 heteroatoms. The molecule has 1 saturated carbocycles. The lowest BCUT2D eigenvalue weighted by atomic mass is 9.91. The van der Waals surface area contributed by atoms with E-state index in [4.69, 9.17) is 9.47 Å². The van der Waals surface area contributed by atoms with E-state index in [-0.39, 0.29) is 6.04 Å². The van der Waals surface area contributed by atoms with Gasteiger partial charge in [-0.2, -0.15) is 0 Å².